The summed E-state index contributed by atoms with van der Waals surface area (Å²) in [5, 5.41) is 3.44. The lowest BCUT2D eigenvalue weighted by Gasteiger charge is -2.33. The normalized spacial score (nSPS) is 17.4. The number of likely N-dealkylation sites (tertiary alicyclic amines) is 1. The van der Waals surface area contributed by atoms with Crippen LogP contribution in [-0.2, 0) is 6.54 Å². The number of rotatable bonds is 6. The zero-order valence-electron chi connectivity index (χ0n) is 13.2. The van der Waals surface area contributed by atoms with Crippen molar-refractivity contribution in [3.8, 4) is 0 Å². The molecule has 1 aliphatic heterocycles. The molecule has 0 bridgehead atoms. The smallest absolute Gasteiger partial charge is 0.0409 e. The van der Waals surface area contributed by atoms with Crippen LogP contribution in [0.15, 0.2) is 24.3 Å². The van der Waals surface area contributed by atoms with Crippen molar-refractivity contribution in [2.45, 2.75) is 26.3 Å². The van der Waals surface area contributed by atoms with Crippen LogP contribution in [-0.4, -0.2) is 45.2 Å². The van der Waals surface area contributed by atoms with Gasteiger partial charge in [-0.05, 0) is 57.1 Å². The molecule has 0 radical (unpaired) electrons. The molecule has 0 aromatic heterocycles. The van der Waals surface area contributed by atoms with E-state index < -0.39 is 0 Å². The minimum absolute atomic E-state index is 0.836. The van der Waals surface area contributed by atoms with Crippen LogP contribution in [0.1, 0.15) is 25.3 Å². The first-order chi connectivity index (χ1) is 9.70. The highest BCUT2D eigenvalue weighted by atomic mass is 15.1. The Kier molecular flexibility index (Phi) is 5.86. The maximum absolute atomic E-state index is 3.44. The SMILES string of the molecule is CCNCc1ccccc1N(C)CC1CCN(C)CC1. The first-order valence-electron chi connectivity index (χ1n) is 7.89. The second-order valence-electron chi connectivity index (χ2n) is 6.04. The minimum atomic E-state index is 0.836. The van der Waals surface area contributed by atoms with Gasteiger partial charge in [-0.15, -0.1) is 0 Å². The fourth-order valence-corrected chi connectivity index (χ4v) is 3.02. The fraction of sp³-hybridized carbons (Fsp3) is 0.647. The Labute approximate surface area is 124 Å². The maximum Gasteiger partial charge on any atom is 0.0409 e. The Morgan fingerprint density at radius 3 is 2.65 bits per heavy atom. The van der Waals surface area contributed by atoms with Gasteiger partial charge in [0.15, 0.2) is 0 Å². The number of nitrogens with zero attached hydrogens (tertiary/aromatic N) is 2. The van der Waals surface area contributed by atoms with Gasteiger partial charge in [-0.2, -0.15) is 0 Å². The topological polar surface area (TPSA) is 18.5 Å². The molecule has 1 heterocycles. The van der Waals surface area contributed by atoms with Gasteiger partial charge in [0.25, 0.3) is 0 Å². The molecule has 0 spiro atoms. The molecule has 1 aliphatic rings. The van der Waals surface area contributed by atoms with Gasteiger partial charge in [-0.3, -0.25) is 0 Å². The summed E-state index contributed by atoms with van der Waals surface area (Å²) in [6.45, 7) is 7.81. The predicted molar refractivity (Wildman–Crippen MR) is 87.3 cm³/mol. The molecular weight excluding hydrogens is 246 g/mol. The molecule has 2 rings (SSSR count). The van der Waals surface area contributed by atoms with E-state index in [-0.39, 0.29) is 0 Å². The second-order valence-corrected chi connectivity index (χ2v) is 6.04. The quantitative estimate of drug-likeness (QED) is 0.861. The third kappa shape index (κ3) is 4.22. The van der Waals surface area contributed by atoms with E-state index >= 15 is 0 Å². The average molecular weight is 275 g/mol. The molecule has 0 amide bonds. The van der Waals surface area contributed by atoms with Crippen LogP contribution in [0.5, 0.6) is 0 Å². The van der Waals surface area contributed by atoms with E-state index in [0.717, 1.165) is 19.0 Å². The number of piperidine rings is 1. The van der Waals surface area contributed by atoms with Crippen molar-refractivity contribution in [3.05, 3.63) is 29.8 Å². The third-order valence-electron chi connectivity index (χ3n) is 4.34. The van der Waals surface area contributed by atoms with Gasteiger partial charge in [0.05, 0.1) is 0 Å². The Morgan fingerprint density at radius 2 is 1.95 bits per heavy atom. The summed E-state index contributed by atoms with van der Waals surface area (Å²) in [5.74, 6) is 0.836. The molecule has 1 aromatic rings. The van der Waals surface area contributed by atoms with E-state index in [2.05, 4.69) is 60.4 Å². The predicted octanol–water partition coefficient (Wildman–Crippen LogP) is 2.57. The third-order valence-corrected chi connectivity index (χ3v) is 4.34. The molecule has 112 valence electrons. The number of nitrogens with one attached hydrogen (secondary N) is 1. The number of hydrogen-bond acceptors (Lipinski definition) is 3. The van der Waals surface area contributed by atoms with Gasteiger partial charge in [0.1, 0.15) is 0 Å². The van der Waals surface area contributed by atoms with E-state index in [0.29, 0.717) is 0 Å². The summed E-state index contributed by atoms with van der Waals surface area (Å²) in [4.78, 5) is 4.89. The van der Waals surface area contributed by atoms with Crippen molar-refractivity contribution in [2.75, 3.05) is 45.2 Å². The van der Waals surface area contributed by atoms with E-state index in [9.17, 15) is 0 Å². The molecule has 0 atom stereocenters. The lowest BCUT2D eigenvalue weighted by Crippen LogP contribution is -2.36. The van der Waals surface area contributed by atoms with Crippen molar-refractivity contribution in [1.82, 2.24) is 10.2 Å². The van der Waals surface area contributed by atoms with Crippen molar-refractivity contribution < 1.29 is 0 Å². The standard InChI is InChI=1S/C17H29N3/c1-4-18-13-16-7-5-6-8-17(16)20(3)14-15-9-11-19(2)12-10-15/h5-8,15,18H,4,9-14H2,1-3H3. The van der Waals surface area contributed by atoms with Gasteiger partial charge in [0.2, 0.25) is 0 Å². The van der Waals surface area contributed by atoms with Crippen molar-refractivity contribution >= 4 is 5.69 Å². The Hall–Kier alpha value is -1.06. The lowest BCUT2D eigenvalue weighted by atomic mass is 9.96. The molecule has 3 nitrogen and oxygen atoms in total. The van der Waals surface area contributed by atoms with Gasteiger partial charge < -0.3 is 15.1 Å². The van der Waals surface area contributed by atoms with Crippen LogP contribution >= 0.6 is 0 Å². The largest absolute Gasteiger partial charge is 0.374 e. The van der Waals surface area contributed by atoms with Crippen LogP contribution in [0.2, 0.25) is 0 Å². The fourth-order valence-electron chi connectivity index (χ4n) is 3.02. The highest BCUT2D eigenvalue weighted by Crippen LogP contribution is 2.23. The number of hydrogen-bond donors (Lipinski definition) is 1. The highest BCUT2D eigenvalue weighted by molar-refractivity contribution is 5.53. The van der Waals surface area contributed by atoms with Crippen molar-refractivity contribution in [3.63, 3.8) is 0 Å². The minimum Gasteiger partial charge on any atom is -0.374 e. The zero-order valence-corrected chi connectivity index (χ0v) is 13.2. The van der Waals surface area contributed by atoms with Gasteiger partial charge in [-0.25, -0.2) is 0 Å². The molecule has 0 aliphatic carbocycles. The maximum atomic E-state index is 3.44. The average Bonchev–Trinajstić information content (AvgIpc) is 2.47. The molecule has 20 heavy (non-hydrogen) atoms. The zero-order chi connectivity index (χ0) is 14.4. The second kappa shape index (κ2) is 7.65. The van der Waals surface area contributed by atoms with Gasteiger partial charge in [0, 0.05) is 25.8 Å². The number of benzene rings is 1. The molecule has 0 saturated carbocycles. The van der Waals surface area contributed by atoms with Crippen LogP contribution in [0, 0.1) is 5.92 Å². The first-order valence-corrected chi connectivity index (χ1v) is 7.89. The van der Waals surface area contributed by atoms with Gasteiger partial charge in [-0.1, -0.05) is 25.1 Å². The molecule has 1 aromatic carbocycles. The molecule has 3 heteroatoms. The summed E-state index contributed by atoms with van der Waals surface area (Å²) >= 11 is 0. The molecule has 1 fully saturated rings. The first kappa shape index (κ1) is 15.3. The Balaban J connectivity index is 1.96. The number of para-hydroxylation sites is 1. The Morgan fingerprint density at radius 1 is 1.25 bits per heavy atom. The van der Waals surface area contributed by atoms with E-state index in [4.69, 9.17) is 0 Å². The Bertz CT molecular complexity index is 397. The lowest BCUT2D eigenvalue weighted by molar-refractivity contribution is 0.222. The summed E-state index contributed by atoms with van der Waals surface area (Å²) in [6, 6.07) is 8.78. The molecule has 1 N–H and O–H groups in total. The molecule has 1 saturated heterocycles. The summed E-state index contributed by atoms with van der Waals surface area (Å²) in [7, 11) is 4.47. The van der Waals surface area contributed by atoms with E-state index in [1.165, 1.54) is 43.7 Å². The summed E-state index contributed by atoms with van der Waals surface area (Å²) < 4.78 is 0. The van der Waals surface area contributed by atoms with Crippen LogP contribution in [0.3, 0.4) is 0 Å². The van der Waals surface area contributed by atoms with Crippen LogP contribution < -0.4 is 10.2 Å². The van der Waals surface area contributed by atoms with Crippen LogP contribution in [0.25, 0.3) is 0 Å². The van der Waals surface area contributed by atoms with E-state index in [1.807, 2.05) is 0 Å². The molecular formula is C17H29N3. The summed E-state index contributed by atoms with van der Waals surface area (Å²) in [5.41, 5.74) is 2.79. The number of anilines is 1. The van der Waals surface area contributed by atoms with Crippen molar-refractivity contribution in [2.24, 2.45) is 5.92 Å². The van der Waals surface area contributed by atoms with Gasteiger partial charge >= 0.3 is 0 Å². The van der Waals surface area contributed by atoms with Crippen LogP contribution in [0.4, 0.5) is 5.69 Å². The van der Waals surface area contributed by atoms with Crippen molar-refractivity contribution in [1.29, 1.82) is 0 Å². The van der Waals surface area contributed by atoms with E-state index in [1.54, 1.807) is 0 Å². The summed E-state index contributed by atoms with van der Waals surface area (Å²) in [6.07, 6.45) is 2.66. The highest BCUT2D eigenvalue weighted by Gasteiger charge is 2.19. The molecule has 0 unspecified atom stereocenters. The monoisotopic (exact) mass is 275 g/mol.